The maximum Gasteiger partial charge on any atom is 0.164 e. The maximum atomic E-state index is 5.15. The molecule has 7 aromatic carbocycles. The predicted octanol–water partition coefficient (Wildman–Crippen LogP) is 12.5. The zero-order chi connectivity index (χ0) is 37.6. The van der Waals surface area contributed by atoms with Crippen molar-refractivity contribution in [1.82, 2.24) is 24.9 Å². The highest BCUT2D eigenvalue weighted by molar-refractivity contribution is 6.13. The van der Waals surface area contributed by atoms with E-state index in [0.29, 0.717) is 17.5 Å². The van der Waals surface area contributed by atoms with Crippen LogP contribution >= 0.6 is 0 Å². The summed E-state index contributed by atoms with van der Waals surface area (Å²) in [6, 6.07) is 53.3. The molecule has 0 unspecified atom stereocenters. The lowest BCUT2D eigenvalue weighted by atomic mass is 9.85. The zero-order valence-corrected chi connectivity index (χ0v) is 31.2. The van der Waals surface area contributed by atoms with Crippen LogP contribution < -0.4 is 0 Å². The van der Waals surface area contributed by atoms with Gasteiger partial charge in [0.2, 0.25) is 0 Å². The van der Waals surface area contributed by atoms with Gasteiger partial charge in [0.1, 0.15) is 0 Å². The molecule has 10 rings (SSSR count). The Kier molecular flexibility index (Phi) is 8.33. The third kappa shape index (κ3) is 6.23. The van der Waals surface area contributed by atoms with E-state index in [9.17, 15) is 0 Å². The fraction of sp³-hybridized carbons (Fsp3) is 0.0784. The predicted molar refractivity (Wildman–Crippen MR) is 230 cm³/mol. The second kappa shape index (κ2) is 13.9. The van der Waals surface area contributed by atoms with Crippen molar-refractivity contribution >= 4 is 27.6 Å². The summed E-state index contributed by atoms with van der Waals surface area (Å²) in [6.07, 6.45) is 6.68. The molecule has 0 spiro atoms. The number of aryl methyl sites for hydroxylation is 3. The number of aromatic nitrogens is 5. The molecule has 2 heterocycles. The van der Waals surface area contributed by atoms with Gasteiger partial charge in [0.25, 0.3) is 0 Å². The van der Waals surface area contributed by atoms with Gasteiger partial charge in [0.15, 0.2) is 23.3 Å². The van der Waals surface area contributed by atoms with E-state index in [-0.39, 0.29) is 0 Å². The third-order valence-electron chi connectivity index (χ3n) is 10.7. The minimum atomic E-state index is 0.615. The molecule has 2 aromatic heterocycles. The van der Waals surface area contributed by atoms with Crippen molar-refractivity contribution in [3.63, 3.8) is 0 Å². The molecule has 0 saturated heterocycles. The summed E-state index contributed by atoms with van der Waals surface area (Å²) < 4.78 is 0. The van der Waals surface area contributed by atoms with Crippen LogP contribution in [0.2, 0.25) is 0 Å². The highest BCUT2D eigenvalue weighted by Gasteiger charge is 2.18. The number of fused-ring (bicyclic) bond motifs is 6. The standard InChI is InChI=1S/C51H37N5/c1-32-26-33(2)53-50(52-32)38-19-13-18-36(27-38)39-28-40(37-24-25-46-44-22-10-9-20-42(44)43-21-11-12-23-45(43)47(46)31-37)30-41(29-39)51-55-48(34-14-5-3-6-15-34)54-49(56-51)35-16-7-4-8-17-35/h3-11,13-22,24-31H,12,23H2,1-2H3. The van der Waals surface area contributed by atoms with Crippen LogP contribution in [0.3, 0.4) is 0 Å². The molecule has 0 fully saturated rings. The average Bonchev–Trinajstić information content (AvgIpc) is 3.26. The molecule has 56 heavy (non-hydrogen) atoms. The molecule has 0 aliphatic heterocycles. The van der Waals surface area contributed by atoms with Crippen molar-refractivity contribution in [3.8, 4) is 67.8 Å². The summed E-state index contributed by atoms with van der Waals surface area (Å²) in [7, 11) is 0. The van der Waals surface area contributed by atoms with E-state index in [1.165, 1.54) is 32.7 Å². The molecule has 0 bridgehead atoms. The number of hydrogen-bond donors (Lipinski definition) is 0. The molecule has 0 atom stereocenters. The molecule has 5 heteroatoms. The first-order chi connectivity index (χ1) is 27.5. The number of benzene rings is 7. The van der Waals surface area contributed by atoms with Gasteiger partial charge in [-0.2, -0.15) is 0 Å². The second-order valence-corrected chi connectivity index (χ2v) is 14.5. The Bertz CT molecular complexity index is 2910. The van der Waals surface area contributed by atoms with Gasteiger partial charge < -0.3 is 0 Å². The van der Waals surface area contributed by atoms with Crippen LogP contribution in [0.5, 0.6) is 0 Å². The Morgan fingerprint density at radius 3 is 1.54 bits per heavy atom. The Balaban J connectivity index is 1.21. The molecular weight excluding hydrogens is 683 g/mol. The number of allylic oxidation sites excluding steroid dienone is 1. The Labute approximate surface area is 326 Å². The van der Waals surface area contributed by atoms with E-state index in [1.54, 1.807) is 0 Å². The van der Waals surface area contributed by atoms with Gasteiger partial charge in [-0.25, -0.2) is 24.9 Å². The summed E-state index contributed by atoms with van der Waals surface area (Å²) in [5, 5.41) is 5.19. The summed E-state index contributed by atoms with van der Waals surface area (Å²) in [6.45, 7) is 4.03. The van der Waals surface area contributed by atoms with Crippen molar-refractivity contribution in [2.45, 2.75) is 26.7 Å². The van der Waals surface area contributed by atoms with Gasteiger partial charge in [-0.15, -0.1) is 0 Å². The first-order valence-corrected chi connectivity index (χ1v) is 19.1. The number of nitrogens with zero attached hydrogens (tertiary/aromatic N) is 5. The van der Waals surface area contributed by atoms with Crippen molar-refractivity contribution in [2.24, 2.45) is 0 Å². The van der Waals surface area contributed by atoms with E-state index in [2.05, 4.69) is 97.1 Å². The largest absolute Gasteiger partial charge is 0.233 e. The van der Waals surface area contributed by atoms with E-state index >= 15 is 0 Å². The molecule has 9 aromatic rings. The van der Waals surface area contributed by atoms with E-state index in [1.807, 2.05) is 80.6 Å². The van der Waals surface area contributed by atoms with Gasteiger partial charge in [-0.05, 0) is 118 Å². The van der Waals surface area contributed by atoms with E-state index < -0.39 is 0 Å². The molecule has 266 valence electrons. The molecule has 0 radical (unpaired) electrons. The minimum Gasteiger partial charge on any atom is -0.233 e. The van der Waals surface area contributed by atoms with Crippen LogP contribution in [0.15, 0.2) is 158 Å². The summed E-state index contributed by atoms with van der Waals surface area (Å²) in [5.74, 6) is 2.60. The van der Waals surface area contributed by atoms with Crippen LogP contribution in [0, 0.1) is 13.8 Å². The lowest BCUT2D eigenvalue weighted by Crippen LogP contribution is -2.00. The Morgan fingerprint density at radius 2 is 0.857 bits per heavy atom. The van der Waals surface area contributed by atoms with Crippen molar-refractivity contribution in [2.75, 3.05) is 0 Å². The smallest absolute Gasteiger partial charge is 0.164 e. The van der Waals surface area contributed by atoms with E-state index in [0.717, 1.165) is 74.6 Å². The maximum absolute atomic E-state index is 5.15. The summed E-state index contributed by atoms with van der Waals surface area (Å²) >= 11 is 0. The summed E-state index contributed by atoms with van der Waals surface area (Å²) in [5.41, 5.74) is 12.7. The van der Waals surface area contributed by atoms with E-state index in [4.69, 9.17) is 24.9 Å². The van der Waals surface area contributed by atoms with Gasteiger partial charge in [-0.3, -0.25) is 0 Å². The fourth-order valence-electron chi connectivity index (χ4n) is 8.08. The number of hydrogen-bond acceptors (Lipinski definition) is 5. The highest BCUT2D eigenvalue weighted by Crippen LogP contribution is 2.40. The fourth-order valence-corrected chi connectivity index (χ4v) is 8.08. The molecule has 1 aliphatic rings. The molecule has 0 N–H and O–H groups in total. The van der Waals surface area contributed by atoms with Gasteiger partial charge in [0.05, 0.1) is 0 Å². The molecule has 0 saturated carbocycles. The highest BCUT2D eigenvalue weighted by atomic mass is 15.0. The normalized spacial score (nSPS) is 12.2. The topological polar surface area (TPSA) is 64.5 Å². The SMILES string of the molecule is Cc1cc(C)nc(-c2cccc(-c3cc(-c4ccc5c(c4)c4c(c6ccccc65)C=CCC4)cc(-c4nc(-c5ccccc5)nc(-c5ccccc5)n4)c3)c2)n1. The average molecular weight is 720 g/mol. The van der Waals surface area contributed by atoms with Crippen molar-refractivity contribution in [3.05, 3.63) is 180 Å². The Morgan fingerprint density at radius 1 is 0.357 bits per heavy atom. The quantitative estimate of drug-likeness (QED) is 0.160. The lowest BCUT2D eigenvalue weighted by molar-refractivity contribution is 1.00. The Hall–Kier alpha value is -7.11. The molecule has 5 nitrogen and oxygen atoms in total. The van der Waals surface area contributed by atoms with Crippen LogP contribution in [0.25, 0.3) is 95.4 Å². The zero-order valence-electron chi connectivity index (χ0n) is 31.2. The van der Waals surface area contributed by atoms with Crippen LogP contribution in [0.1, 0.15) is 28.9 Å². The van der Waals surface area contributed by atoms with Crippen LogP contribution in [-0.4, -0.2) is 24.9 Å². The molecule has 0 amide bonds. The second-order valence-electron chi connectivity index (χ2n) is 14.5. The van der Waals surface area contributed by atoms with Gasteiger partial charge >= 0.3 is 0 Å². The first kappa shape index (κ1) is 33.5. The number of rotatable bonds is 6. The molecular formula is C51H37N5. The minimum absolute atomic E-state index is 0.615. The monoisotopic (exact) mass is 719 g/mol. The van der Waals surface area contributed by atoms with Crippen molar-refractivity contribution < 1.29 is 0 Å². The van der Waals surface area contributed by atoms with Crippen LogP contribution in [0.4, 0.5) is 0 Å². The third-order valence-corrected chi connectivity index (χ3v) is 10.7. The van der Waals surface area contributed by atoms with Crippen molar-refractivity contribution in [1.29, 1.82) is 0 Å². The molecule has 1 aliphatic carbocycles. The lowest BCUT2D eigenvalue weighted by Gasteiger charge is -2.19. The summed E-state index contributed by atoms with van der Waals surface area (Å²) in [4.78, 5) is 24.8. The first-order valence-electron chi connectivity index (χ1n) is 19.1. The van der Waals surface area contributed by atoms with Crippen LogP contribution in [-0.2, 0) is 6.42 Å². The van der Waals surface area contributed by atoms with Gasteiger partial charge in [0, 0.05) is 33.6 Å². The van der Waals surface area contributed by atoms with Gasteiger partial charge in [-0.1, -0.05) is 127 Å².